The third-order valence-electron chi connectivity index (χ3n) is 4.91. The molecule has 0 fully saturated rings. The van der Waals surface area contributed by atoms with Crippen LogP contribution in [0, 0.1) is 5.92 Å². The van der Waals surface area contributed by atoms with E-state index in [1.807, 2.05) is 0 Å². The number of unbranched alkanes of at least 4 members (excludes halogenated alkanes) is 2. The van der Waals surface area contributed by atoms with Crippen LogP contribution in [0.3, 0.4) is 0 Å². The first-order valence-corrected chi connectivity index (χ1v) is 8.81. The number of hydrogen-bond donors (Lipinski definition) is 0. The highest BCUT2D eigenvalue weighted by molar-refractivity contribution is 6.07. The van der Waals surface area contributed by atoms with Gasteiger partial charge in [0.25, 0.3) is 0 Å². The summed E-state index contributed by atoms with van der Waals surface area (Å²) in [6, 6.07) is 17.7. The average molecular weight is 293 g/mol. The summed E-state index contributed by atoms with van der Waals surface area (Å²) in [5.41, 5.74) is 2.77. The van der Waals surface area contributed by atoms with E-state index in [2.05, 4.69) is 66.9 Å². The molecule has 1 aromatic heterocycles. The van der Waals surface area contributed by atoms with E-state index in [0.29, 0.717) is 0 Å². The molecule has 116 valence electrons. The Hall–Kier alpha value is -1.76. The molecule has 3 aromatic rings. The summed E-state index contributed by atoms with van der Waals surface area (Å²) in [7, 11) is 0. The van der Waals surface area contributed by atoms with Gasteiger partial charge in [-0.05, 0) is 24.5 Å². The summed E-state index contributed by atoms with van der Waals surface area (Å²) in [5, 5.41) is 2.78. The quantitative estimate of drug-likeness (QED) is 0.444. The van der Waals surface area contributed by atoms with Gasteiger partial charge in [-0.2, -0.15) is 0 Å². The van der Waals surface area contributed by atoms with E-state index in [1.165, 1.54) is 53.9 Å². The van der Waals surface area contributed by atoms with Crippen molar-refractivity contribution in [2.45, 2.75) is 52.5 Å². The normalized spacial score (nSPS) is 13.0. The topological polar surface area (TPSA) is 4.93 Å². The minimum Gasteiger partial charge on any atom is -0.340 e. The minimum atomic E-state index is 0.783. The second-order valence-corrected chi connectivity index (χ2v) is 6.41. The Balaban J connectivity index is 1.97. The van der Waals surface area contributed by atoms with Crippen molar-refractivity contribution in [3.63, 3.8) is 0 Å². The number of rotatable bonds is 7. The number of benzene rings is 2. The zero-order chi connectivity index (χ0) is 15.4. The van der Waals surface area contributed by atoms with Gasteiger partial charge in [-0.1, -0.05) is 75.9 Å². The molecule has 1 unspecified atom stereocenters. The van der Waals surface area contributed by atoms with Gasteiger partial charge in [0.15, 0.2) is 0 Å². The summed E-state index contributed by atoms with van der Waals surface area (Å²) in [5.74, 6) is 0.783. The Kier molecular flexibility index (Phi) is 4.82. The fraction of sp³-hybridized carbons (Fsp3) is 0.429. The zero-order valence-electron chi connectivity index (χ0n) is 13.9. The maximum Gasteiger partial charge on any atom is 0.0491 e. The number of nitrogens with zero attached hydrogens (tertiary/aromatic N) is 1. The van der Waals surface area contributed by atoms with Crippen molar-refractivity contribution in [1.82, 2.24) is 4.57 Å². The summed E-state index contributed by atoms with van der Waals surface area (Å²) in [6.07, 6.45) is 6.66. The van der Waals surface area contributed by atoms with Gasteiger partial charge in [-0.25, -0.2) is 0 Å². The van der Waals surface area contributed by atoms with Gasteiger partial charge >= 0.3 is 0 Å². The van der Waals surface area contributed by atoms with Crippen LogP contribution in [-0.2, 0) is 6.54 Å². The smallest absolute Gasteiger partial charge is 0.0491 e. The molecule has 0 spiro atoms. The fourth-order valence-corrected chi connectivity index (χ4v) is 3.57. The lowest BCUT2D eigenvalue weighted by Gasteiger charge is -2.17. The van der Waals surface area contributed by atoms with Crippen LogP contribution in [0.4, 0.5) is 0 Å². The molecule has 0 aliphatic rings. The lowest BCUT2D eigenvalue weighted by molar-refractivity contribution is 0.397. The van der Waals surface area contributed by atoms with Crippen LogP contribution in [0.2, 0.25) is 0 Å². The van der Waals surface area contributed by atoms with Crippen LogP contribution in [-0.4, -0.2) is 4.57 Å². The molecule has 1 nitrogen and oxygen atoms in total. The molecule has 22 heavy (non-hydrogen) atoms. The fourth-order valence-electron chi connectivity index (χ4n) is 3.57. The monoisotopic (exact) mass is 293 g/mol. The van der Waals surface area contributed by atoms with Gasteiger partial charge in [-0.15, -0.1) is 0 Å². The van der Waals surface area contributed by atoms with Crippen molar-refractivity contribution in [1.29, 1.82) is 0 Å². The van der Waals surface area contributed by atoms with Crippen LogP contribution < -0.4 is 0 Å². The Morgan fingerprint density at radius 3 is 1.95 bits per heavy atom. The first-order chi connectivity index (χ1) is 10.8. The van der Waals surface area contributed by atoms with Crippen molar-refractivity contribution in [2.75, 3.05) is 0 Å². The van der Waals surface area contributed by atoms with Crippen LogP contribution in [0.25, 0.3) is 21.8 Å². The molecule has 0 bridgehead atoms. The molecule has 0 aliphatic heterocycles. The Morgan fingerprint density at radius 2 is 1.41 bits per heavy atom. The van der Waals surface area contributed by atoms with Gasteiger partial charge in [0.1, 0.15) is 0 Å². The minimum absolute atomic E-state index is 0.783. The lowest BCUT2D eigenvalue weighted by Crippen LogP contribution is -2.10. The van der Waals surface area contributed by atoms with Gasteiger partial charge in [0.05, 0.1) is 0 Å². The van der Waals surface area contributed by atoms with E-state index in [-0.39, 0.29) is 0 Å². The SMILES string of the molecule is CCCCCC(CC)Cn1c2ccccc2c2ccccc21. The summed E-state index contributed by atoms with van der Waals surface area (Å²) >= 11 is 0. The standard InChI is InChI=1S/C21H27N/c1-3-5-6-11-17(4-2)16-22-20-14-9-7-12-18(20)19-13-8-10-15-21(19)22/h7-10,12-15,17H,3-6,11,16H2,1-2H3. The summed E-state index contributed by atoms with van der Waals surface area (Å²) in [6.45, 7) is 5.77. The number of fused-ring (bicyclic) bond motifs is 3. The number of aromatic nitrogens is 1. The Bertz CT molecular complexity index is 685. The largest absolute Gasteiger partial charge is 0.340 e. The maximum atomic E-state index is 2.55. The predicted octanol–water partition coefficient (Wildman–Crippen LogP) is 6.40. The third-order valence-corrected chi connectivity index (χ3v) is 4.91. The third kappa shape index (κ3) is 2.90. The van der Waals surface area contributed by atoms with E-state index < -0.39 is 0 Å². The van der Waals surface area contributed by atoms with E-state index in [9.17, 15) is 0 Å². The van der Waals surface area contributed by atoms with Gasteiger partial charge in [0, 0.05) is 28.4 Å². The zero-order valence-corrected chi connectivity index (χ0v) is 13.9. The van der Waals surface area contributed by atoms with Crippen molar-refractivity contribution in [3.8, 4) is 0 Å². The van der Waals surface area contributed by atoms with Gasteiger partial charge in [0.2, 0.25) is 0 Å². The van der Waals surface area contributed by atoms with Crippen molar-refractivity contribution in [2.24, 2.45) is 5.92 Å². The molecule has 1 atom stereocenters. The first kappa shape index (κ1) is 15.1. The van der Waals surface area contributed by atoms with Crippen LogP contribution in [0.5, 0.6) is 0 Å². The Labute approximate surface area is 133 Å². The molecule has 0 saturated carbocycles. The molecular weight excluding hydrogens is 266 g/mol. The highest BCUT2D eigenvalue weighted by Gasteiger charge is 2.13. The summed E-state index contributed by atoms with van der Waals surface area (Å²) in [4.78, 5) is 0. The van der Waals surface area contributed by atoms with E-state index >= 15 is 0 Å². The molecule has 0 aliphatic carbocycles. The number of para-hydroxylation sites is 2. The molecule has 1 heterocycles. The summed E-state index contributed by atoms with van der Waals surface area (Å²) < 4.78 is 2.55. The lowest BCUT2D eigenvalue weighted by atomic mass is 9.98. The number of hydrogen-bond acceptors (Lipinski definition) is 0. The van der Waals surface area contributed by atoms with Crippen molar-refractivity contribution >= 4 is 21.8 Å². The second kappa shape index (κ2) is 7.00. The molecule has 0 radical (unpaired) electrons. The van der Waals surface area contributed by atoms with Crippen LogP contribution in [0.1, 0.15) is 46.0 Å². The molecule has 0 amide bonds. The second-order valence-electron chi connectivity index (χ2n) is 6.41. The van der Waals surface area contributed by atoms with Gasteiger partial charge < -0.3 is 4.57 Å². The highest BCUT2D eigenvalue weighted by Crippen LogP contribution is 2.30. The molecule has 2 aromatic carbocycles. The molecule has 0 N–H and O–H groups in total. The van der Waals surface area contributed by atoms with Gasteiger partial charge in [-0.3, -0.25) is 0 Å². The van der Waals surface area contributed by atoms with Crippen LogP contribution >= 0.6 is 0 Å². The molecule has 0 saturated heterocycles. The molecule has 3 rings (SSSR count). The van der Waals surface area contributed by atoms with E-state index in [1.54, 1.807) is 0 Å². The van der Waals surface area contributed by atoms with Crippen LogP contribution in [0.15, 0.2) is 48.5 Å². The molecule has 1 heteroatoms. The van der Waals surface area contributed by atoms with E-state index in [4.69, 9.17) is 0 Å². The maximum absolute atomic E-state index is 2.55. The first-order valence-electron chi connectivity index (χ1n) is 8.81. The highest BCUT2D eigenvalue weighted by atomic mass is 15.0. The van der Waals surface area contributed by atoms with E-state index in [0.717, 1.165) is 12.5 Å². The Morgan fingerprint density at radius 1 is 0.818 bits per heavy atom. The molecular formula is C21H27N. The average Bonchev–Trinajstić information content (AvgIpc) is 2.88. The van der Waals surface area contributed by atoms with Crippen molar-refractivity contribution in [3.05, 3.63) is 48.5 Å². The predicted molar refractivity (Wildman–Crippen MR) is 97.4 cm³/mol. The van der Waals surface area contributed by atoms with Crippen molar-refractivity contribution < 1.29 is 0 Å².